The molecule has 6 nitrogen and oxygen atoms in total. The zero-order valence-electron chi connectivity index (χ0n) is 15.5. The summed E-state index contributed by atoms with van der Waals surface area (Å²) < 4.78 is 18.2. The van der Waals surface area contributed by atoms with E-state index in [1.807, 2.05) is 6.92 Å². The van der Waals surface area contributed by atoms with E-state index in [9.17, 15) is 14.0 Å². The summed E-state index contributed by atoms with van der Waals surface area (Å²) in [5, 5.41) is 2.65. The van der Waals surface area contributed by atoms with Crippen molar-refractivity contribution in [3.8, 4) is 5.75 Å². The monoisotopic (exact) mass is 401 g/mol. The average molecular weight is 401 g/mol. The van der Waals surface area contributed by atoms with Crippen molar-refractivity contribution in [3.63, 3.8) is 0 Å². The van der Waals surface area contributed by atoms with Crippen molar-refractivity contribution in [2.45, 2.75) is 18.6 Å². The molecule has 28 heavy (non-hydrogen) atoms. The van der Waals surface area contributed by atoms with Crippen LogP contribution in [0.5, 0.6) is 5.75 Å². The Kier molecular flexibility index (Phi) is 6.30. The third-order valence-corrected chi connectivity index (χ3v) is 5.34. The SMILES string of the molecule is CCN1C(=O)C[C@H](C(=O)Nc2ccc(OC)cc2)SC1=Nc1ccc(F)cc1. The number of benzene rings is 2. The van der Waals surface area contributed by atoms with Crippen LogP contribution in [-0.2, 0) is 9.59 Å². The molecule has 1 heterocycles. The lowest BCUT2D eigenvalue weighted by atomic mass is 10.2. The zero-order valence-corrected chi connectivity index (χ0v) is 16.3. The molecule has 0 bridgehead atoms. The number of thioether (sulfide) groups is 1. The normalized spacial score (nSPS) is 18.2. The van der Waals surface area contributed by atoms with E-state index in [0.717, 1.165) is 0 Å². The summed E-state index contributed by atoms with van der Waals surface area (Å²) in [5.41, 5.74) is 1.14. The van der Waals surface area contributed by atoms with Crippen LogP contribution >= 0.6 is 11.8 Å². The highest BCUT2D eigenvalue weighted by Gasteiger charge is 2.35. The van der Waals surface area contributed by atoms with Crippen LogP contribution in [-0.4, -0.2) is 40.8 Å². The van der Waals surface area contributed by atoms with Gasteiger partial charge in [-0.05, 0) is 55.5 Å². The van der Waals surface area contributed by atoms with Crippen molar-refractivity contribution in [2.24, 2.45) is 4.99 Å². The van der Waals surface area contributed by atoms with E-state index in [-0.39, 0.29) is 24.1 Å². The molecular weight excluding hydrogens is 381 g/mol. The second-order valence-corrected chi connectivity index (χ2v) is 7.21. The van der Waals surface area contributed by atoms with Gasteiger partial charge >= 0.3 is 0 Å². The van der Waals surface area contributed by atoms with Crippen LogP contribution in [0, 0.1) is 5.82 Å². The summed E-state index contributed by atoms with van der Waals surface area (Å²) in [4.78, 5) is 31.2. The maximum atomic E-state index is 13.1. The fourth-order valence-electron chi connectivity index (χ4n) is 2.68. The summed E-state index contributed by atoms with van der Waals surface area (Å²) in [5.74, 6) is -0.115. The van der Waals surface area contributed by atoms with Crippen LogP contribution in [0.1, 0.15) is 13.3 Å². The van der Waals surface area contributed by atoms with Crippen LogP contribution < -0.4 is 10.1 Å². The molecule has 3 rings (SSSR count). The van der Waals surface area contributed by atoms with Crippen molar-refractivity contribution in [3.05, 3.63) is 54.3 Å². The first kappa shape index (κ1) is 19.9. The number of amides is 2. The summed E-state index contributed by atoms with van der Waals surface area (Å²) in [6.45, 7) is 2.29. The van der Waals surface area contributed by atoms with Gasteiger partial charge in [0.15, 0.2) is 5.17 Å². The van der Waals surface area contributed by atoms with Crippen LogP contribution in [0.25, 0.3) is 0 Å². The van der Waals surface area contributed by atoms with E-state index < -0.39 is 5.25 Å². The van der Waals surface area contributed by atoms with Gasteiger partial charge in [-0.2, -0.15) is 0 Å². The van der Waals surface area contributed by atoms with Gasteiger partial charge in [0, 0.05) is 18.7 Å². The second kappa shape index (κ2) is 8.88. The van der Waals surface area contributed by atoms with E-state index in [0.29, 0.717) is 28.8 Å². The molecule has 1 aliphatic rings. The Morgan fingerprint density at radius 3 is 2.54 bits per heavy atom. The number of nitrogens with zero attached hydrogens (tertiary/aromatic N) is 2. The highest BCUT2D eigenvalue weighted by atomic mass is 32.2. The number of carbonyl (C=O) groups is 2. The quantitative estimate of drug-likeness (QED) is 0.827. The van der Waals surface area contributed by atoms with Gasteiger partial charge in [0.2, 0.25) is 11.8 Å². The molecule has 2 aromatic rings. The largest absolute Gasteiger partial charge is 0.497 e. The van der Waals surface area contributed by atoms with Crippen molar-refractivity contribution in [1.82, 2.24) is 4.90 Å². The Morgan fingerprint density at radius 2 is 1.93 bits per heavy atom. The molecule has 0 saturated carbocycles. The minimum Gasteiger partial charge on any atom is -0.497 e. The van der Waals surface area contributed by atoms with Gasteiger partial charge in [0.05, 0.1) is 12.8 Å². The highest BCUT2D eigenvalue weighted by Crippen LogP contribution is 2.30. The summed E-state index contributed by atoms with van der Waals surface area (Å²) in [6, 6.07) is 12.6. The number of hydrogen-bond donors (Lipinski definition) is 1. The summed E-state index contributed by atoms with van der Waals surface area (Å²) in [7, 11) is 1.57. The molecule has 1 saturated heterocycles. The van der Waals surface area contributed by atoms with Gasteiger partial charge in [-0.15, -0.1) is 0 Å². The van der Waals surface area contributed by atoms with Crippen LogP contribution in [0.2, 0.25) is 0 Å². The number of rotatable bonds is 5. The van der Waals surface area contributed by atoms with Gasteiger partial charge in [0.1, 0.15) is 16.8 Å². The number of methoxy groups -OCH3 is 1. The highest BCUT2D eigenvalue weighted by molar-refractivity contribution is 8.15. The first-order valence-corrected chi connectivity index (χ1v) is 9.64. The number of hydrogen-bond acceptors (Lipinski definition) is 5. The Bertz CT molecular complexity index is 885. The Balaban J connectivity index is 1.77. The number of ether oxygens (including phenoxy) is 1. The average Bonchev–Trinajstić information content (AvgIpc) is 2.70. The summed E-state index contributed by atoms with van der Waals surface area (Å²) >= 11 is 1.23. The fourth-order valence-corrected chi connectivity index (χ4v) is 3.84. The molecule has 1 atom stereocenters. The molecule has 0 aliphatic carbocycles. The first-order valence-electron chi connectivity index (χ1n) is 8.76. The van der Waals surface area contributed by atoms with E-state index in [2.05, 4.69) is 10.3 Å². The van der Waals surface area contributed by atoms with Gasteiger partial charge in [-0.25, -0.2) is 9.38 Å². The molecule has 0 spiro atoms. The third-order valence-electron chi connectivity index (χ3n) is 4.16. The molecule has 2 aromatic carbocycles. The fraction of sp³-hybridized carbons (Fsp3) is 0.250. The molecule has 8 heteroatoms. The van der Waals surface area contributed by atoms with Gasteiger partial charge in [0.25, 0.3) is 0 Å². The van der Waals surface area contributed by atoms with Crippen LogP contribution in [0.4, 0.5) is 15.8 Å². The van der Waals surface area contributed by atoms with E-state index in [1.54, 1.807) is 31.4 Å². The number of nitrogens with one attached hydrogen (secondary N) is 1. The van der Waals surface area contributed by atoms with Crippen molar-refractivity contribution < 1.29 is 18.7 Å². The molecular formula is C20H20FN3O3S. The molecule has 146 valence electrons. The van der Waals surface area contributed by atoms with Gasteiger partial charge < -0.3 is 10.1 Å². The lowest BCUT2D eigenvalue weighted by Gasteiger charge is -2.30. The second-order valence-electron chi connectivity index (χ2n) is 6.04. The Labute approximate surface area is 166 Å². The lowest BCUT2D eigenvalue weighted by Crippen LogP contribution is -2.45. The maximum Gasteiger partial charge on any atom is 0.238 e. The predicted molar refractivity (Wildman–Crippen MR) is 109 cm³/mol. The standard InChI is InChI=1S/C20H20FN3O3S/c1-3-24-18(25)12-17(19(26)22-14-8-10-16(27-2)11-9-14)28-20(24)23-15-6-4-13(21)5-7-15/h4-11,17H,3,12H2,1-2H3,(H,22,26)/t17-/m1/s1. The van der Waals surface area contributed by atoms with Crippen molar-refractivity contribution in [2.75, 3.05) is 19.0 Å². The van der Waals surface area contributed by atoms with Gasteiger partial charge in [-0.1, -0.05) is 11.8 Å². The molecule has 0 aromatic heterocycles. The third kappa shape index (κ3) is 4.69. The minimum atomic E-state index is -0.600. The molecule has 2 amide bonds. The first-order chi connectivity index (χ1) is 13.5. The molecule has 0 unspecified atom stereocenters. The lowest BCUT2D eigenvalue weighted by molar-refractivity contribution is -0.129. The van der Waals surface area contributed by atoms with Crippen molar-refractivity contribution >= 4 is 40.1 Å². The number of aliphatic imine (C=N–C) groups is 1. The topological polar surface area (TPSA) is 71.0 Å². The number of anilines is 1. The van der Waals surface area contributed by atoms with E-state index in [4.69, 9.17) is 4.74 Å². The number of amidine groups is 1. The number of halogens is 1. The maximum absolute atomic E-state index is 13.1. The predicted octanol–water partition coefficient (Wildman–Crippen LogP) is 3.81. The van der Waals surface area contributed by atoms with Crippen LogP contribution in [0.3, 0.4) is 0 Å². The summed E-state index contributed by atoms with van der Waals surface area (Å²) in [6.07, 6.45) is 0.0862. The van der Waals surface area contributed by atoms with Crippen molar-refractivity contribution in [1.29, 1.82) is 0 Å². The Hall–Kier alpha value is -2.87. The smallest absolute Gasteiger partial charge is 0.238 e. The molecule has 1 aliphatic heterocycles. The molecule has 1 fully saturated rings. The number of carbonyl (C=O) groups excluding carboxylic acids is 2. The van der Waals surface area contributed by atoms with Gasteiger partial charge in [-0.3, -0.25) is 14.5 Å². The van der Waals surface area contributed by atoms with E-state index >= 15 is 0 Å². The Morgan fingerprint density at radius 1 is 1.25 bits per heavy atom. The van der Waals surface area contributed by atoms with Crippen LogP contribution in [0.15, 0.2) is 53.5 Å². The molecule has 1 N–H and O–H groups in total. The molecule has 0 radical (unpaired) electrons. The minimum absolute atomic E-state index is 0.0862. The van der Waals surface area contributed by atoms with E-state index in [1.165, 1.54) is 40.9 Å². The zero-order chi connectivity index (χ0) is 20.1.